The Hall–Kier alpha value is -2.43. The molecule has 2 rings (SSSR count). The third-order valence-electron chi connectivity index (χ3n) is 2.41. The maximum atomic E-state index is 11.3. The van der Waals surface area contributed by atoms with Gasteiger partial charge in [-0.3, -0.25) is 9.78 Å². The van der Waals surface area contributed by atoms with Crippen molar-refractivity contribution in [1.82, 2.24) is 9.97 Å². The van der Waals surface area contributed by atoms with Crippen LogP contribution in [0.4, 0.5) is 5.82 Å². The highest BCUT2D eigenvalue weighted by Crippen LogP contribution is 2.16. The number of nitrogens with two attached hydrogens (primary N) is 2. The van der Waals surface area contributed by atoms with Crippen LogP contribution in [0.5, 0.6) is 0 Å². The molecule has 5 heteroatoms. The van der Waals surface area contributed by atoms with E-state index in [4.69, 9.17) is 11.5 Å². The van der Waals surface area contributed by atoms with Crippen LogP contribution in [-0.2, 0) is 6.42 Å². The van der Waals surface area contributed by atoms with Gasteiger partial charge in [0.25, 0.3) is 5.91 Å². The van der Waals surface area contributed by atoms with Gasteiger partial charge < -0.3 is 11.5 Å². The van der Waals surface area contributed by atoms with Crippen LogP contribution in [0.1, 0.15) is 21.6 Å². The van der Waals surface area contributed by atoms with Crippen molar-refractivity contribution in [1.29, 1.82) is 0 Å². The molecule has 2 heterocycles. The Kier molecular flexibility index (Phi) is 3.00. The van der Waals surface area contributed by atoms with Crippen molar-refractivity contribution in [3.8, 4) is 0 Å². The number of aromatic nitrogens is 2. The van der Waals surface area contributed by atoms with Crippen molar-refractivity contribution in [3.63, 3.8) is 0 Å². The van der Waals surface area contributed by atoms with Crippen molar-refractivity contribution in [2.24, 2.45) is 5.73 Å². The maximum Gasteiger partial charge on any atom is 0.252 e. The van der Waals surface area contributed by atoms with E-state index in [1.54, 1.807) is 18.5 Å². The molecule has 86 valence electrons. The summed E-state index contributed by atoms with van der Waals surface area (Å²) in [6, 6.07) is 7.32. The van der Waals surface area contributed by atoms with E-state index in [1.807, 2.05) is 18.2 Å². The van der Waals surface area contributed by atoms with Gasteiger partial charge in [-0.2, -0.15) is 0 Å². The molecule has 0 saturated heterocycles. The number of amides is 1. The lowest BCUT2D eigenvalue weighted by Gasteiger charge is -2.07. The monoisotopic (exact) mass is 228 g/mol. The van der Waals surface area contributed by atoms with Crippen LogP contribution >= 0.6 is 0 Å². The molecule has 0 aromatic carbocycles. The third kappa shape index (κ3) is 2.39. The zero-order valence-electron chi connectivity index (χ0n) is 9.13. The van der Waals surface area contributed by atoms with Crippen LogP contribution in [0.2, 0.25) is 0 Å². The van der Waals surface area contributed by atoms with Crippen molar-refractivity contribution in [3.05, 3.63) is 53.5 Å². The summed E-state index contributed by atoms with van der Waals surface area (Å²) in [5.41, 5.74) is 12.8. The summed E-state index contributed by atoms with van der Waals surface area (Å²) in [6.07, 6.45) is 3.76. The fourth-order valence-electron chi connectivity index (χ4n) is 1.65. The summed E-state index contributed by atoms with van der Waals surface area (Å²) in [7, 11) is 0. The van der Waals surface area contributed by atoms with Crippen LogP contribution in [0.3, 0.4) is 0 Å². The average molecular weight is 228 g/mol. The molecule has 0 radical (unpaired) electrons. The van der Waals surface area contributed by atoms with Crippen LogP contribution in [0, 0.1) is 0 Å². The van der Waals surface area contributed by atoms with Crippen LogP contribution < -0.4 is 11.5 Å². The number of rotatable bonds is 3. The Morgan fingerprint density at radius 1 is 1.18 bits per heavy atom. The number of primary amides is 1. The second-order valence-electron chi connectivity index (χ2n) is 3.59. The van der Waals surface area contributed by atoms with Crippen LogP contribution in [0.25, 0.3) is 0 Å². The molecule has 0 aliphatic heterocycles. The van der Waals surface area contributed by atoms with Gasteiger partial charge in [0, 0.05) is 24.5 Å². The Bertz CT molecular complexity index is 539. The first-order valence-corrected chi connectivity index (χ1v) is 5.11. The lowest BCUT2D eigenvalue weighted by molar-refractivity contribution is 0.1000. The first-order valence-electron chi connectivity index (χ1n) is 5.11. The van der Waals surface area contributed by atoms with Gasteiger partial charge in [-0.15, -0.1) is 0 Å². The number of hydrogen-bond donors (Lipinski definition) is 2. The van der Waals surface area contributed by atoms with E-state index < -0.39 is 5.91 Å². The Morgan fingerprint density at radius 3 is 2.65 bits per heavy atom. The summed E-state index contributed by atoms with van der Waals surface area (Å²) < 4.78 is 0. The van der Waals surface area contributed by atoms with Gasteiger partial charge in [0.05, 0.1) is 5.56 Å². The molecular formula is C12H12N4O. The standard InChI is InChI=1S/C12H12N4O/c13-11-10(12(14)17)8(4-6-16-11)7-9-3-1-2-5-15-9/h1-6H,7H2,(H2,13,16)(H2,14,17). The minimum absolute atomic E-state index is 0.158. The molecule has 0 spiro atoms. The van der Waals surface area contributed by atoms with Gasteiger partial charge >= 0.3 is 0 Å². The normalized spacial score (nSPS) is 10.1. The van der Waals surface area contributed by atoms with Crippen LogP contribution in [-0.4, -0.2) is 15.9 Å². The number of anilines is 1. The molecule has 0 saturated carbocycles. The molecule has 4 N–H and O–H groups in total. The second-order valence-corrected chi connectivity index (χ2v) is 3.59. The van der Waals surface area contributed by atoms with E-state index in [-0.39, 0.29) is 11.4 Å². The summed E-state index contributed by atoms with van der Waals surface area (Å²) in [5, 5.41) is 0. The summed E-state index contributed by atoms with van der Waals surface area (Å²) in [5.74, 6) is -0.410. The third-order valence-corrected chi connectivity index (χ3v) is 2.41. The fraction of sp³-hybridized carbons (Fsp3) is 0.0833. The molecule has 0 bridgehead atoms. The topological polar surface area (TPSA) is 94.9 Å². The van der Waals surface area contributed by atoms with E-state index in [1.165, 1.54) is 0 Å². The highest BCUT2D eigenvalue weighted by Gasteiger charge is 2.13. The lowest BCUT2D eigenvalue weighted by Crippen LogP contribution is -2.17. The molecule has 1 amide bonds. The van der Waals surface area contributed by atoms with Gasteiger partial charge in [0.15, 0.2) is 0 Å². The van der Waals surface area contributed by atoms with E-state index in [0.29, 0.717) is 6.42 Å². The molecule has 0 aliphatic rings. The first-order chi connectivity index (χ1) is 8.18. The molecule has 2 aromatic heterocycles. The number of carbonyl (C=O) groups is 1. The Labute approximate surface area is 98.5 Å². The van der Waals surface area contributed by atoms with Gasteiger partial charge in [-0.25, -0.2) is 4.98 Å². The van der Waals surface area contributed by atoms with E-state index in [9.17, 15) is 4.79 Å². The van der Waals surface area contributed by atoms with E-state index in [0.717, 1.165) is 11.3 Å². The van der Waals surface area contributed by atoms with Gasteiger partial charge in [0.1, 0.15) is 5.82 Å². The number of hydrogen-bond acceptors (Lipinski definition) is 4. The fourth-order valence-corrected chi connectivity index (χ4v) is 1.65. The quantitative estimate of drug-likeness (QED) is 0.810. The van der Waals surface area contributed by atoms with Crippen molar-refractivity contribution >= 4 is 11.7 Å². The highest BCUT2D eigenvalue weighted by atomic mass is 16.1. The zero-order chi connectivity index (χ0) is 12.3. The second kappa shape index (κ2) is 4.61. The smallest absolute Gasteiger partial charge is 0.252 e. The predicted molar refractivity (Wildman–Crippen MR) is 64.2 cm³/mol. The van der Waals surface area contributed by atoms with E-state index in [2.05, 4.69) is 9.97 Å². The van der Waals surface area contributed by atoms with Crippen molar-refractivity contribution in [2.75, 3.05) is 5.73 Å². The number of nitrogen functional groups attached to an aromatic ring is 1. The average Bonchev–Trinajstić information content (AvgIpc) is 2.30. The Morgan fingerprint density at radius 2 is 2.00 bits per heavy atom. The number of pyridine rings is 2. The Balaban J connectivity index is 2.40. The molecule has 5 nitrogen and oxygen atoms in total. The minimum Gasteiger partial charge on any atom is -0.383 e. The molecule has 0 unspecified atom stereocenters. The molecule has 2 aromatic rings. The predicted octanol–water partition coefficient (Wildman–Crippen LogP) is 0.748. The van der Waals surface area contributed by atoms with Gasteiger partial charge in [-0.1, -0.05) is 6.07 Å². The zero-order valence-corrected chi connectivity index (χ0v) is 9.13. The number of carbonyl (C=O) groups excluding carboxylic acids is 1. The molecule has 0 atom stereocenters. The SMILES string of the molecule is NC(=O)c1c(Cc2ccccn2)ccnc1N. The first kappa shape index (κ1) is 11.1. The van der Waals surface area contributed by atoms with E-state index >= 15 is 0 Å². The maximum absolute atomic E-state index is 11.3. The highest BCUT2D eigenvalue weighted by molar-refractivity contribution is 5.98. The molecule has 17 heavy (non-hydrogen) atoms. The van der Waals surface area contributed by atoms with Gasteiger partial charge in [0.2, 0.25) is 0 Å². The summed E-state index contributed by atoms with van der Waals surface area (Å²) in [4.78, 5) is 19.4. The summed E-state index contributed by atoms with van der Waals surface area (Å²) >= 11 is 0. The largest absolute Gasteiger partial charge is 0.383 e. The minimum atomic E-state index is -0.568. The van der Waals surface area contributed by atoms with Crippen molar-refractivity contribution < 1.29 is 4.79 Å². The molecular weight excluding hydrogens is 216 g/mol. The molecule has 0 aliphatic carbocycles. The van der Waals surface area contributed by atoms with Crippen LogP contribution in [0.15, 0.2) is 36.7 Å². The number of nitrogens with zero attached hydrogens (tertiary/aromatic N) is 2. The van der Waals surface area contributed by atoms with Gasteiger partial charge in [-0.05, 0) is 23.8 Å². The molecule has 0 fully saturated rings. The van der Waals surface area contributed by atoms with Crippen molar-refractivity contribution in [2.45, 2.75) is 6.42 Å². The lowest BCUT2D eigenvalue weighted by atomic mass is 10.0. The summed E-state index contributed by atoms with van der Waals surface area (Å²) in [6.45, 7) is 0.